The van der Waals surface area contributed by atoms with Crippen molar-refractivity contribution in [3.05, 3.63) is 52.7 Å². The van der Waals surface area contributed by atoms with Gasteiger partial charge in [0, 0.05) is 11.9 Å². The summed E-state index contributed by atoms with van der Waals surface area (Å²) in [5.41, 5.74) is 7.76. The largest absolute Gasteiger partial charge is 0.382 e. The Balaban J connectivity index is 2.23. The van der Waals surface area contributed by atoms with Gasteiger partial charge in [0.15, 0.2) is 0 Å². The lowest BCUT2D eigenvalue weighted by atomic mass is 10.1. The van der Waals surface area contributed by atoms with Gasteiger partial charge in [0.25, 0.3) is 5.91 Å². The van der Waals surface area contributed by atoms with Crippen LogP contribution in [0.4, 0.5) is 11.5 Å². The van der Waals surface area contributed by atoms with Crippen LogP contribution in [0.1, 0.15) is 22.8 Å². The third-order valence-corrected chi connectivity index (χ3v) is 3.08. The first-order valence-corrected chi connectivity index (χ1v) is 6.30. The summed E-state index contributed by atoms with van der Waals surface area (Å²) in [5, 5.41) is 3.12. The molecule has 0 aliphatic rings. The van der Waals surface area contributed by atoms with E-state index in [1.54, 1.807) is 0 Å². The van der Waals surface area contributed by atoms with Crippen LogP contribution in [0, 0.1) is 0 Å². The van der Waals surface area contributed by atoms with Crippen molar-refractivity contribution in [3.8, 4) is 0 Å². The molecule has 0 spiro atoms. The summed E-state index contributed by atoms with van der Waals surface area (Å²) in [4.78, 5) is 16.0. The molecule has 3 N–H and O–H groups in total. The van der Waals surface area contributed by atoms with Gasteiger partial charge in [0.1, 0.15) is 5.82 Å². The highest BCUT2D eigenvalue weighted by Gasteiger charge is 2.10. The summed E-state index contributed by atoms with van der Waals surface area (Å²) in [7, 11) is 0. The fourth-order valence-corrected chi connectivity index (χ4v) is 1.88. The number of pyridine rings is 1. The second-order valence-corrected chi connectivity index (χ2v) is 4.46. The number of nitrogens with two attached hydrogens (primary N) is 1. The molecule has 0 radical (unpaired) electrons. The Bertz CT molecular complexity index is 613. The van der Waals surface area contributed by atoms with Crippen molar-refractivity contribution in [2.45, 2.75) is 13.3 Å². The third kappa shape index (κ3) is 3.03. The monoisotopic (exact) mass is 275 g/mol. The molecule has 0 fully saturated rings. The van der Waals surface area contributed by atoms with Crippen molar-refractivity contribution in [2.24, 2.45) is 0 Å². The molecule has 5 heteroatoms. The third-order valence-electron chi connectivity index (χ3n) is 2.78. The molecule has 0 atom stereocenters. The summed E-state index contributed by atoms with van der Waals surface area (Å²) in [6.07, 6.45) is 2.25. The van der Waals surface area contributed by atoms with E-state index in [-0.39, 0.29) is 16.7 Å². The lowest BCUT2D eigenvalue weighted by Crippen LogP contribution is -2.13. The van der Waals surface area contributed by atoms with E-state index in [0.717, 1.165) is 17.7 Å². The number of hydrogen-bond acceptors (Lipinski definition) is 3. The van der Waals surface area contributed by atoms with E-state index in [2.05, 4.69) is 10.3 Å². The van der Waals surface area contributed by atoms with Crippen molar-refractivity contribution in [1.82, 2.24) is 4.98 Å². The number of nitrogens with zero attached hydrogens (tertiary/aromatic N) is 1. The number of nitrogens with one attached hydrogen (secondary N) is 1. The quantitative estimate of drug-likeness (QED) is 0.904. The standard InChI is InChI=1S/C14H14ClN3O/c1-2-9-5-3-4-6-12(9)18-14(19)10-7-11(15)13(16)17-8-10/h3-8H,2H2,1H3,(H2,16,17)(H,18,19). The topological polar surface area (TPSA) is 68.0 Å². The first-order chi connectivity index (χ1) is 9.11. The molecule has 0 saturated heterocycles. The maximum atomic E-state index is 12.1. The van der Waals surface area contributed by atoms with Crippen LogP contribution in [0.3, 0.4) is 0 Å². The summed E-state index contributed by atoms with van der Waals surface area (Å²) in [5.74, 6) is -0.0394. The van der Waals surface area contributed by atoms with E-state index in [1.807, 2.05) is 31.2 Å². The maximum Gasteiger partial charge on any atom is 0.257 e. The molecule has 0 unspecified atom stereocenters. The van der Waals surface area contributed by atoms with Gasteiger partial charge in [-0.1, -0.05) is 36.7 Å². The second-order valence-electron chi connectivity index (χ2n) is 4.06. The highest BCUT2D eigenvalue weighted by Crippen LogP contribution is 2.19. The molecule has 0 bridgehead atoms. The number of para-hydroxylation sites is 1. The number of anilines is 2. The van der Waals surface area contributed by atoms with Gasteiger partial charge < -0.3 is 11.1 Å². The van der Waals surface area contributed by atoms with E-state index in [4.69, 9.17) is 17.3 Å². The van der Waals surface area contributed by atoms with E-state index >= 15 is 0 Å². The lowest BCUT2D eigenvalue weighted by Gasteiger charge is -2.09. The molecule has 1 amide bonds. The SMILES string of the molecule is CCc1ccccc1NC(=O)c1cnc(N)c(Cl)c1. The van der Waals surface area contributed by atoms with E-state index < -0.39 is 0 Å². The zero-order valence-corrected chi connectivity index (χ0v) is 11.2. The number of nitrogen functional groups attached to an aromatic ring is 1. The first-order valence-electron chi connectivity index (χ1n) is 5.92. The summed E-state index contributed by atoms with van der Waals surface area (Å²) < 4.78 is 0. The van der Waals surface area contributed by atoms with Crippen molar-refractivity contribution in [3.63, 3.8) is 0 Å². The lowest BCUT2D eigenvalue weighted by molar-refractivity contribution is 0.102. The fraction of sp³-hybridized carbons (Fsp3) is 0.143. The van der Waals surface area contributed by atoms with Gasteiger partial charge in [0.2, 0.25) is 0 Å². The number of aromatic nitrogens is 1. The molecule has 4 nitrogen and oxygen atoms in total. The van der Waals surface area contributed by atoms with Crippen molar-refractivity contribution in [2.75, 3.05) is 11.1 Å². The average Bonchev–Trinajstić information content (AvgIpc) is 2.42. The Hall–Kier alpha value is -2.07. The van der Waals surface area contributed by atoms with Gasteiger partial charge in [-0.05, 0) is 24.1 Å². The van der Waals surface area contributed by atoms with Crippen molar-refractivity contribution >= 4 is 29.0 Å². The van der Waals surface area contributed by atoms with Gasteiger partial charge >= 0.3 is 0 Å². The Kier molecular flexibility index (Phi) is 4.02. The number of rotatable bonds is 3. The van der Waals surface area contributed by atoms with Crippen LogP contribution in [-0.4, -0.2) is 10.9 Å². The summed E-state index contributed by atoms with van der Waals surface area (Å²) in [6, 6.07) is 9.17. The van der Waals surface area contributed by atoms with Crippen LogP contribution >= 0.6 is 11.6 Å². The molecule has 98 valence electrons. The second kappa shape index (κ2) is 5.71. The average molecular weight is 276 g/mol. The minimum absolute atomic E-state index is 0.215. The Labute approximate surface area is 116 Å². The van der Waals surface area contributed by atoms with Crippen molar-refractivity contribution < 1.29 is 4.79 Å². The smallest absolute Gasteiger partial charge is 0.257 e. The minimum atomic E-state index is -0.254. The van der Waals surface area contributed by atoms with Crippen LogP contribution in [0.25, 0.3) is 0 Å². The van der Waals surface area contributed by atoms with Gasteiger partial charge in [-0.15, -0.1) is 0 Å². The molecular weight excluding hydrogens is 262 g/mol. The first kappa shape index (κ1) is 13.4. The minimum Gasteiger partial charge on any atom is -0.382 e. The zero-order valence-electron chi connectivity index (χ0n) is 10.5. The molecular formula is C14H14ClN3O. The Morgan fingerprint density at radius 3 is 2.84 bits per heavy atom. The molecule has 19 heavy (non-hydrogen) atoms. The number of benzene rings is 1. The highest BCUT2D eigenvalue weighted by molar-refractivity contribution is 6.33. The number of carbonyl (C=O) groups is 1. The summed E-state index contributed by atoms with van der Waals surface area (Å²) >= 11 is 5.85. The van der Waals surface area contributed by atoms with Gasteiger partial charge in [-0.25, -0.2) is 4.98 Å². The molecule has 2 aromatic rings. The normalized spacial score (nSPS) is 10.2. The molecule has 1 aromatic carbocycles. The van der Waals surface area contributed by atoms with E-state index in [1.165, 1.54) is 12.3 Å². The molecule has 0 saturated carbocycles. The highest BCUT2D eigenvalue weighted by atomic mass is 35.5. The molecule has 0 aliphatic heterocycles. The van der Waals surface area contributed by atoms with Crippen LogP contribution in [-0.2, 0) is 6.42 Å². The molecule has 1 aromatic heterocycles. The number of amides is 1. The Morgan fingerprint density at radius 1 is 1.42 bits per heavy atom. The van der Waals surface area contributed by atoms with Crippen LogP contribution in [0.2, 0.25) is 5.02 Å². The zero-order chi connectivity index (χ0) is 13.8. The van der Waals surface area contributed by atoms with Crippen LogP contribution < -0.4 is 11.1 Å². The number of halogens is 1. The molecule has 0 aliphatic carbocycles. The number of aryl methyl sites for hydroxylation is 1. The van der Waals surface area contributed by atoms with Gasteiger partial charge in [-0.2, -0.15) is 0 Å². The fourth-order valence-electron chi connectivity index (χ4n) is 1.72. The molecule has 2 rings (SSSR count). The number of carbonyl (C=O) groups excluding carboxylic acids is 1. The van der Waals surface area contributed by atoms with Crippen molar-refractivity contribution in [1.29, 1.82) is 0 Å². The van der Waals surface area contributed by atoms with Gasteiger partial charge in [-0.3, -0.25) is 4.79 Å². The van der Waals surface area contributed by atoms with Gasteiger partial charge in [0.05, 0.1) is 10.6 Å². The predicted octanol–water partition coefficient (Wildman–Crippen LogP) is 3.13. The number of hydrogen-bond donors (Lipinski definition) is 2. The maximum absolute atomic E-state index is 12.1. The predicted molar refractivity (Wildman–Crippen MR) is 77.4 cm³/mol. The van der Waals surface area contributed by atoms with E-state index in [9.17, 15) is 4.79 Å². The van der Waals surface area contributed by atoms with Crippen LogP contribution in [0.5, 0.6) is 0 Å². The Morgan fingerprint density at radius 2 is 2.16 bits per heavy atom. The summed E-state index contributed by atoms with van der Waals surface area (Å²) in [6.45, 7) is 2.03. The molecule has 1 heterocycles. The van der Waals surface area contributed by atoms with E-state index in [0.29, 0.717) is 5.56 Å². The van der Waals surface area contributed by atoms with Crippen LogP contribution in [0.15, 0.2) is 36.5 Å².